The number of carbonyl (C=O) groups is 4. The summed E-state index contributed by atoms with van der Waals surface area (Å²) in [5.41, 5.74) is 1.42. The van der Waals surface area contributed by atoms with Gasteiger partial charge in [0.2, 0.25) is 0 Å². The number of methoxy groups -OCH3 is 1. The maximum Gasteiger partial charge on any atom is 0.274 e. The van der Waals surface area contributed by atoms with Crippen LogP contribution in [0.1, 0.15) is 40.5 Å². The lowest BCUT2D eigenvalue weighted by Crippen LogP contribution is -2.52. The minimum absolute atomic E-state index is 0.0994. The predicted octanol–water partition coefficient (Wildman–Crippen LogP) is 3.93. The van der Waals surface area contributed by atoms with E-state index in [1.807, 2.05) is 13.0 Å². The van der Waals surface area contributed by atoms with Gasteiger partial charge in [-0.1, -0.05) is 47.5 Å². The molecule has 4 rings (SSSR count). The first-order valence-corrected chi connectivity index (χ1v) is 11.0. The monoisotopic (exact) mass is 466 g/mol. The molecule has 170 valence electrons. The van der Waals surface area contributed by atoms with E-state index in [1.54, 1.807) is 36.4 Å². The Kier molecular flexibility index (Phi) is 6.33. The molecule has 2 atom stereocenters. The quantitative estimate of drug-likeness (QED) is 0.366. The molecule has 1 heterocycles. The van der Waals surface area contributed by atoms with Crippen molar-refractivity contribution in [2.24, 2.45) is 11.8 Å². The van der Waals surface area contributed by atoms with E-state index < -0.39 is 41.9 Å². The molecule has 33 heavy (non-hydrogen) atoms. The van der Waals surface area contributed by atoms with Gasteiger partial charge in [0, 0.05) is 5.56 Å². The third kappa shape index (κ3) is 4.28. The average molecular weight is 467 g/mol. The van der Waals surface area contributed by atoms with Crippen LogP contribution in [-0.4, -0.2) is 47.2 Å². The maximum absolute atomic E-state index is 13.5. The van der Waals surface area contributed by atoms with Crippen LogP contribution in [0.2, 0.25) is 5.02 Å². The number of amides is 3. The lowest BCUT2D eigenvalue weighted by Gasteiger charge is -2.30. The van der Waals surface area contributed by atoms with Gasteiger partial charge in [-0.15, -0.1) is 0 Å². The van der Waals surface area contributed by atoms with Crippen LogP contribution in [0.25, 0.3) is 0 Å². The molecule has 2 aliphatic rings. The molecule has 0 radical (unpaired) electrons. The number of benzene rings is 2. The molecular weight excluding hydrogens is 444 g/mol. The number of rotatable bonds is 6. The first kappa shape index (κ1) is 22.7. The minimum Gasteiger partial charge on any atom is -0.497 e. The van der Waals surface area contributed by atoms with Crippen LogP contribution in [0, 0.1) is 11.8 Å². The Bertz CT molecular complexity index is 1170. The zero-order valence-electron chi connectivity index (χ0n) is 18.3. The molecule has 0 bridgehead atoms. The summed E-state index contributed by atoms with van der Waals surface area (Å²) >= 11 is 6.23. The number of hydrogen-bond donors (Lipinski definition) is 0. The van der Waals surface area contributed by atoms with Crippen LogP contribution in [0.15, 0.2) is 60.2 Å². The summed E-state index contributed by atoms with van der Waals surface area (Å²) in [5, 5.41) is 1.95. The first-order valence-electron chi connectivity index (χ1n) is 10.6. The lowest BCUT2D eigenvalue weighted by atomic mass is 9.82. The second-order valence-corrected chi connectivity index (χ2v) is 8.60. The van der Waals surface area contributed by atoms with E-state index >= 15 is 0 Å². The standard InChI is InChI=1S/C25H23ClN2O5/c1-15-10-11-18-20(12-15)25(32)28(24(18)31)27(23(30)19-8-3-4-9-21(19)26)14-22(29)16-6-5-7-17(13-16)33-2/h3-10,13,18,20H,11-12,14H2,1-2H3/t18-,20+/m0/s1. The number of ether oxygens (including phenoxy) is 1. The van der Waals surface area contributed by atoms with Crippen LogP contribution in [-0.2, 0) is 9.59 Å². The third-order valence-corrected chi connectivity index (χ3v) is 6.39. The highest BCUT2D eigenvalue weighted by molar-refractivity contribution is 6.34. The van der Waals surface area contributed by atoms with Crippen molar-refractivity contribution < 1.29 is 23.9 Å². The van der Waals surface area contributed by atoms with E-state index in [9.17, 15) is 19.2 Å². The fourth-order valence-electron chi connectivity index (χ4n) is 4.29. The molecule has 8 heteroatoms. The number of hydrazine groups is 1. The summed E-state index contributed by atoms with van der Waals surface area (Å²) in [6.45, 7) is 1.41. The van der Waals surface area contributed by atoms with Crippen LogP contribution in [0.5, 0.6) is 5.75 Å². The van der Waals surface area contributed by atoms with Gasteiger partial charge in [0.1, 0.15) is 12.3 Å². The van der Waals surface area contributed by atoms with Crippen LogP contribution in [0.3, 0.4) is 0 Å². The Morgan fingerprint density at radius 3 is 2.55 bits per heavy atom. The van der Waals surface area contributed by atoms with Gasteiger partial charge in [-0.2, -0.15) is 5.01 Å². The number of nitrogens with zero attached hydrogens (tertiary/aromatic N) is 2. The molecule has 2 aromatic carbocycles. The number of imide groups is 1. The van der Waals surface area contributed by atoms with Crippen molar-refractivity contribution in [1.29, 1.82) is 0 Å². The van der Waals surface area contributed by atoms with Crippen molar-refractivity contribution in [2.45, 2.75) is 19.8 Å². The van der Waals surface area contributed by atoms with E-state index in [1.165, 1.54) is 19.2 Å². The van der Waals surface area contributed by atoms with Gasteiger partial charge in [0.05, 0.1) is 29.5 Å². The zero-order valence-corrected chi connectivity index (χ0v) is 19.0. The molecule has 0 saturated carbocycles. The van der Waals surface area contributed by atoms with Gasteiger partial charge in [0.25, 0.3) is 17.7 Å². The highest BCUT2D eigenvalue weighted by Crippen LogP contribution is 2.38. The van der Waals surface area contributed by atoms with Gasteiger partial charge in [-0.3, -0.25) is 19.2 Å². The topological polar surface area (TPSA) is 84.0 Å². The molecule has 0 spiro atoms. The van der Waals surface area contributed by atoms with Crippen LogP contribution in [0.4, 0.5) is 0 Å². The second kappa shape index (κ2) is 9.19. The van der Waals surface area contributed by atoms with E-state index in [2.05, 4.69) is 0 Å². The molecule has 7 nitrogen and oxygen atoms in total. The van der Waals surface area contributed by atoms with Crippen molar-refractivity contribution >= 4 is 35.1 Å². The molecule has 1 saturated heterocycles. The number of carbonyl (C=O) groups excluding carboxylic acids is 4. The van der Waals surface area contributed by atoms with E-state index in [-0.39, 0.29) is 10.6 Å². The predicted molar refractivity (Wildman–Crippen MR) is 122 cm³/mol. The summed E-state index contributed by atoms with van der Waals surface area (Å²) in [4.78, 5) is 53.2. The smallest absolute Gasteiger partial charge is 0.274 e. The SMILES string of the molecule is COc1cccc(C(=O)CN(C(=O)c2ccccc2Cl)N2C(=O)[C@H]3CC=C(C)C[C@H]3C2=O)c1. The van der Waals surface area contributed by atoms with E-state index in [0.717, 1.165) is 15.6 Å². The van der Waals surface area contributed by atoms with E-state index in [0.29, 0.717) is 24.2 Å². The molecule has 1 fully saturated rings. The normalized spacial score (nSPS) is 19.7. The Morgan fingerprint density at radius 1 is 1.09 bits per heavy atom. The fraction of sp³-hybridized carbons (Fsp3) is 0.280. The summed E-state index contributed by atoms with van der Waals surface area (Å²) in [6, 6.07) is 12.8. The van der Waals surface area contributed by atoms with Crippen molar-refractivity contribution in [3.63, 3.8) is 0 Å². The number of allylic oxidation sites excluding steroid dienone is 2. The largest absolute Gasteiger partial charge is 0.497 e. The number of Topliss-reactive ketones (excluding diaryl/α,β-unsaturated/α-hetero) is 1. The van der Waals surface area contributed by atoms with Crippen LogP contribution < -0.4 is 4.74 Å². The number of ketones is 1. The maximum atomic E-state index is 13.5. The molecule has 0 unspecified atom stereocenters. The van der Waals surface area contributed by atoms with Gasteiger partial charge in [0.15, 0.2) is 5.78 Å². The Balaban J connectivity index is 1.71. The Morgan fingerprint density at radius 2 is 1.82 bits per heavy atom. The van der Waals surface area contributed by atoms with Gasteiger partial charge in [-0.25, -0.2) is 5.01 Å². The summed E-state index contributed by atoms with van der Waals surface area (Å²) in [5.74, 6) is -2.71. The molecule has 1 aliphatic heterocycles. The zero-order chi connectivity index (χ0) is 23.7. The molecular formula is C25H23ClN2O5. The average Bonchev–Trinajstić information content (AvgIpc) is 3.06. The fourth-order valence-corrected chi connectivity index (χ4v) is 4.51. The first-order chi connectivity index (χ1) is 15.8. The molecule has 0 N–H and O–H groups in total. The minimum atomic E-state index is -0.693. The van der Waals surface area contributed by atoms with Crippen LogP contribution >= 0.6 is 11.6 Å². The molecule has 2 aromatic rings. The summed E-state index contributed by atoms with van der Waals surface area (Å²) < 4.78 is 5.18. The van der Waals surface area contributed by atoms with Crippen molar-refractivity contribution in [2.75, 3.05) is 13.7 Å². The summed E-state index contributed by atoms with van der Waals surface area (Å²) in [7, 11) is 1.48. The van der Waals surface area contributed by atoms with Crippen molar-refractivity contribution in [3.05, 3.63) is 76.3 Å². The molecule has 0 aromatic heterocycles. The lowest BCUT2D eigenvalue weighted by molar-refractivity contribution is -0.154. The summed E-state index contributed by atoms with van der Waals surface area (Å²) in [6.07, 6.45) is 2.82. The third-order valence-electron chi connectivity index (χ3n) is 6.06. The highest BCUT2D eigenvalue weighted by Gasteiger charge is 2.51. The van der Waals surface area contributed by atoms with Gasteiger partial charge >= 0.3 is 0 Å². The number of hydrogen-bond acceptors (Lipinski definition) is 5. The molecule has 3 amide bonds. The van der Waals surface area contributed by atoms with Crippen molar-refractivity contribution in [3.8, 4) is 5.75 Å². The Hall–Kier alpha value is -3.45. The number of fused-ring (bicyclic) bond motifs is 1. The van der Waals surface area contributed by atoms with Gasteiger partial charge in [-0.05, 0) is 44.0 Å². The van der Waals surface area contributed by atoms with Gasteiger partial charge < -0.3 is 4.74 Å². The number of halogens is 1. The second-order valence-electron chi connectivity index (χ2n) is 8.19. The van der Waals surface area contributed by atoms with E-state index in [4.69, 9.17) is 16.3 Å². The van der Waals surface area contributed by atoms with Crippen molar-refractivity contribution in [1.82, 2.24) is 10.0 Å². The highest BCUT2D eigenvalue weighted by atomic mass is 35.5. The Labute approximate surface area is 196 Å². The molecule has 1 aliphatic carbocycles.